The van der Waals surface area contributed by atoms with E-state index in [1.807, 2.05) is 67.8 Å². The van der Waals surface area contributed by atoms with E-state index in [9.17, 15) is 4.79 Å². The first kappa shape index (κ1) is 19.2. The van der Waals surface area contributed by atoms with E-state index in [1.165, 1.54) is 16.9 Å². The first-order valence-corrected chi connectivity index (χ1v) is 10.3. The van der Waals surface area contributed by atoms with E-state index in [-0.39, 0.29) is 5.56 Å². The lowest BCUT2D eigenvalue weighted by Gasteiger charge is -2.11. The molecule has 0 fully saturated rings. The molecule has 29 heavy (non-hydrogen) atoms. The van der Waals surface area contributed by atoms with Gasteiger partial charge in [-0.05, 0) is 43.7 Å². The molecule has 4 rings (SSSR count). The Balaban J connectivity index is 1.64. The third-order valence-corrected chi connectivity index (χ3v) is 5.76. The van der Waals surface area contributed by atoms with Crippen molar-refractivity contribution < 1.29 is 9.47 Å². The molecule has 0 spiro atoms. The largest absolute Gasteiger partial charge is 0.497 e. The summed E-state index contributed by atoms with van der Waals surface area (Å²) >= 11 is 1.49. The van der Waals surface area contributed by atoms with Crippen LogP contribution in [0.25, 0.3) is 21.3 Å². The third-order valence-electron chi connectivity index (χ3n) is 4.89. The summed E-state index contributed by atoms with van der Waals surface area (Å²) in [6, 6.07) is 15.6. The number of ether oxygens (including phenoxy) is 2. The van der Waals surface area contributed by atoms with Crippen LogP contribution in [0.3, 0.4) is 0 Å². The molecule has 0 aliphatic rings. The molecule has 0 unspecified atom stereocenters. The normalized spacial score (nSPS) is 11.0. The van der Waals surface area contributed by atoms with Gasteiger partial charge in [0.15, 0.2) is 0 Å². The molecule has 0 bridgehead atoms. The van der Waals surface area contributed by atoms with Crippen molar-refractivity contribution in [1.82, 2.24) is 9.55 Å². The van der Waals surface area contributed by atoms with Gasteiger partial charge in [-0.3, -0.25) is 9.36 Å². The molecule has 2 heterocycles. The van der Waals surface area contributed by atoms with E-state index in [1.54, 1.807) is 11.7 Å². The number of aromatic nitrogens is 2. The molecule has 2 aromatic carbocycles. The standard InChI is InChI=1S/C23H22N2O3S/c1-15-4-8-19(9-5-15)28-13-12-25-16(2)24-22-21(23(25)26)20(14-29-22)17-6-10-18(27-3)11-7-17/h4-11,14H,12-13H2,1-3H3. The Kier molecular flexibility index (Phi) is 5.36. The van der Waals surface area contributed by atoms with Crippen LogP contribution in [0.1, 0.15) is 11.4 Å². The molecular weight excluding hydrogens is 384 g/mol. The summed E-state index contributed by atoms with van der Waals surface area (Å²) in [5, 5.41) is 2.65. The molecule has 0 aliphatic carbocycles. The maximum Gasteiger partial charge on any atom is 0.263 e. The average Bonchev–Trinajstić information content (AvgIpc) is 3.15. The first-order chi connectivity index (χ1) is 14.1. The van der Waals surface area contributed by atoms with Gasteiger partial charge in [0.2, 0.25) is 0 Å². The average molecular weight is 407 g/mol. The quantitative estimate of drug-likeness (QED) is 0.460. The number of benzene rings is 2. The van der Waals surface area contributed by atoms with Crippen molar-refractivity contribution in [3.05, 3.63) is 75.7 Å². The minimum atomic E-state index is -0.0351. The van der Waals surface area contributed by atoms with Gasteiger partial charge in [-0.25, -0.2) is 4.98 Å². The Bertz CT molecular complexity index is 1190. The Morgan fingerprint density at radius 1 is 1.00 bits per heavy atom. The molecule has 4 aromatic rings. The SMILES string of the molecule is COc1ccc(-c2csc3nc(C)n(CCOc4ccc(C)cc4)c(=O)c23)cc1. The van der Waals surface area contributed by atoms with Crippen molar-refractivity contribution in [1.29, 1.82) is 0 Å². The molecule has 0 amide bonds. The maximum absolute atomic E-state index is 13.3. The van der Waals surface area contributed by atoms with Crippen molar-refractivity contribution >= 4 is 21.6 Å². The van der Waals surface area contributed by atoms with Crippen LogP contribution in [-0.4, -0.2) is 23.3 Å². The molecule has 2 aromatic heterocycles. The van der Waals surface area contributed by atoms with Crippen LogP contribution in [0.15, 0.2) is 58.7 Å². The van der Waals surface area contributed by atoms with Crippen LogP contribution >= 0.6 is 11.3 Å². The van der Waals surface area contributed by atoms with Gasteiger partial charge in [-0.15, -0.1) is 11.3 Å². The zero-order chi connectivity index (χ0) is 20.4. The summed E-state index contributed by atoms with van der Waals surface area (Å²) in [4.78, 5) is 18.7. The van der Waals surface area contributed by atoms with Crippen LogP contribution < -0.4 is 15.0 Å². The zero-order valence-corrected chi connectivity index (χ0v) is 17.5. The van der Waals surface area contributed by atoms with E-state index in [0.29, 0.717) is 24.4 Å². The fourth-order valence-corrected chi connectivity index (χ4v) is 4.24. The Labute approximate surface area is 173 Å². The molecule has 6 heteroatoms. The van der Waals surface area contributed by atoms with Gasteiger partial charge in [0.05, 0.1) is 19.0 Å². The Morgan fingerprint density at radius 3 is 2.38 bits per heavy atom. The lowest BCUT2D eigenvalue weighted by Crippen LogP contribution is -2.26. The van der Waals surface area contributed by atoms with Crippen molar-refractivity contribution in [2.24, 2.45) is 0 Å². The Morgan fingerprint density at radius 2 is 1.69 bits per heavy atom. The van der Waals surface area contributed by atoms with E-state index < -0.39 is 0 Å². The molecule has 148 valence electrons. The van der Waals surface area contributed by atoms with E-state index in [0.717, 1.165) is 27.5 Å². The van der Waals surface area contributed by atoms with Crippen LogP contribution in [0.2, 0.25) is 0 Å². The fraction of sp³-hybridized carbons (Fsp3) is 0.217. The van der Waals surface area contributed by atoms with Gasteiger partial charge in [0.1, 0.15) is 28.8 Å². The smallest absolute Gasteiger partial charge is 0.263 e. The molecule has 5 nitrogen and oxygen atoms in total. The number of hydrogen-bond donors (Lipinski definition) is 0. The summed E-state index contributed by atoms with van der Waals surface area (Å²) < 4.78 is 12.7. The Hall–Kier alpha value is -3.12. The highest BCUT2D eigenvalue weighted by molar-refractivity contribution is 7.17. The molecule has 0 aliphatic heterocycles. The minimum Gasteiger partial charge on any atom is -0.497 e. The van der Waals surface area contributed by atoms with Crippen LogP contribution in [0, 0.1) is 13.8 Å². The van der Waals surface area contributed by atoms with Gasteiger partial charge < -0.3 is 9.47 Å². The summed E-state index contributed by atoms with van der Waals surface area (Å²) in [6.45, 7) is 4.74. The second kappa shape index (κ2) is 8.09. The van der Waals surface area contributed by atoms with E-state index >= 15 is 0 Å². The topological polar surface area (TPSA) is 53.4 Å². The number of nitrogens with zero attached hydrogens (tertiary/aromatic N) is 2. The van der Waals surface area contributed by atoms with Crippen molar-refractivity contribution in [3.8, 4) is 22.6 Å². The second-order valence-corrected chi connectivity index (χ2v) is 7.69. The van der Waals surface area contributed by atoms with E-state index in [4.69, 9.17) is 9.47 Å². The highest BCUT2D eigenvalue weighted by Crippen LogP contribution is 2.32. The maximum atomic E-state index is 13.3. The van der Waals surface area contributed by atoms with Crippen molar-refractivity contribution in [3.63, 3.8) is 0 Å². The van der Waals surface area contributed by atoms with Gasteiger partial charge in [0, 0.05) is 10.9 Å². The highest BCUT2D eigenvalue weighted by atomic mass is 32.1. The van der Waals surface area contributed by atoms with Gasteiger partial charge >= 0.3 is 0 Å². The van der Waals surface area contributed by atoms with Crippen molar-refractivity contribution in [2.45, 2.75) is 20.4 Å². The number of methoxy groups -OCH3 is 1. The first-order valence-electron chi connectivity index (χ1n) is 9.39. The summed E-state index contributed by atoms with van der Waals surface area (Å²) in [5.41, 5.74) is 3.02. The number of rotatable bonds is 6. The summed E-state index contributed by atoms with van der Waals surface area (Å²) in [5.74, 6) is 2.27. The number of fused-ring (bicyclic) bond motifs is 1. The minimum absolute atomic E-state index is 0.0351. The number of aryl methyl sites for hydroxylation is 2. The number of hydrogen-bond acceptors (Lipinski definition) is 5. The monoisotopic (exact) mass is 406 g/mol. The van der Waals surface area contributed by atoms with Gasteiger partial charge in [-0.1, -0.05) is 29.8 Å². The molecule has 0 atom stereocenters. The zero-order valence-electron chi connectivity index (χ0n) is 16.6. The molecule has 0 saturated heterocycles. The van der Waals surface area contributed by atoms with Gasteiger partial charge in [-0.2, -0.15) is 0 Å². The predicted molar refractivity (Wildman–Crippen MR) is 117 cm³/mol. The summed E-state index contributed by atoms with van der Waals surface area (Å²) in [6.07, 6.45) is 0. The molecule has 0 N–H and O–H groups in total. The third kappa shape index (κ3) is 3.89. The molecule has 0 saturated carbocycles. The van der Waals surface area contributed by atoms with Crippen molar-refractivity contribution in [2.75, 3.05) is 13.7 Å². The van der Waals surface area contributed by atoms with E-state index in [2.05, 4.69) is 4.98 Å². The summed E-state index contributed by atoms with van der Waals surface area (Å²) in [7, 11) is 1.64. The number of thiophene rings is 1. The van der Waals surface area contributed by atoms with Gasteiger partial charge in [0.25, 0.3) is 5.56 Å². The van der Waals surface area contributed by atoms with Crippen LogP contribution in [-0.2, 0) is 6.54 Å². The lowest BCUT2D eigenvalue weighted by atomic mass is 10.1. The predicted octanol–water partition coefficient (Wildman–Crippen LogP) is 4.83. The highest BCUT2D eigenvalue weighted by Gasteiger charge is 2.15. The second-order valence-electron chi connectivity index (χ2n) is 6.84. The molecular formula is C23H22N2O3S. The lowest BCUT2D eigenvalue weighted by molar-refractivity contribution is 0.294. The molecule has 0 radical (unpaired) electrons. The van der Waals surface area contributed by atoms with Crippen LogP contribution in [0.5, 0.6) is 11.5 Å². The fourth-order valence-electron chi connectivity index (χ4n) is 3.26. The van der Waals surface area contributed by atoms with Crippen LogP contribution in [0.4, 0.5) is 0 Å².